The van der Waals surface area contributed by atoms with E-state index >= 15 is 0 Å². The van der Waals surface area contributed by atoms with E-state index in [4.69, 9.17) is 14.2 Å². The Morgan fingerprint density at radius 3 is 2.95 bits per heavy atom. The van der Waals surface area contributed by atoms with Gasteiger partial charge in [0.05, 0.1) is 33.0 Å². The van der Waals surface area contributed by atoms with Gasteiger partial charge in [-0.15, -0.1) is 0 Å². The number of amides is 1. The van der Waals surface area contributed by atoms with Crippen molar-refractivity contribution in [3.05, 3.63) is 23.8 Å². The fraction of sp³-hybridized carbons (Fsp3) is 0.500. The molecule has 0 aliphatic carbocycles. The minimum absolute atomic E-state index is 0.150. The van der Waals surface area contributed by atoms with E-state index in [1.807, 2.05) is 0 Å². The first-order chi connectivity index (χ1) is 9.74. The zero-order valence-corrected chi connectivity index (χ0v) is 11.8. The third-order valence-corrected chi connectivity index (χ3v) is 3.16. The zero-order chi connectivity index (χ0) is 14.4. The van der Waals surface area contributed by atoms with Crippen LogP contribution in [-0.4, -0.2) is 52.5 Å². The molecule has 1 saturated heterocycles. The molecule has 1 heterocycles. The van der Waals surface area contributed by atoms with Gasteiger partial charge in [-0.05, 0) is 12.1 Å². The number of carbonyl (C=O) groups is 1. The van der Waals surface area contributed by atoms with Crippen molar-refractivity contribution >= 4 is 5.91 Å². The number of morpholine rings is 1. The first-order valence-electron chi connectivity index (χ1n) is 6.56. The van der Waals surface area contributed by atoms with Crippen LogP contribution in [0.5, 0.6) is 11.5 Å². The molecule has 2 rings (SSSR count). The van der Waals surface area contributed by atoms with Crippen molar-refractivity contribution in [2.45, 2.75) is 6.04 Å². The van der Waals surface area contributed by atoms with Crippen LogP contribution in [0, 0.1) is 0 Å². The number of hydrogen-bond acceptors (Lipinski definition) is 5. The fourth-order valence-corrected chi connectivity index (χ4v) is 2.05. The van der Waals surface area contributed by atoms with E-state index in [-0.39, 0.29) is 11.9 Å². The molecule has 1 atom stereocenters. The summed E-state index contributed by atoms with van der Waals surface area (Å²) in [6.07, 6.45) is 0. The Balaban J connectivity index is 1.97. The van der Waals surface area contributed by atoms with Crippen molar-refractivity contribution in [3.63, 3.8) is 0 Å². The summed E-state index contributed by atoms with van der Waals surface area (Å²) in [5.41, 5.74) is 0.491. The van der Waals surface area contributed by atoms with Gasteiger partial charge in [0.2, 0.25) is 0 Å². The van der Waals surface area contributed by atoms with E-state index in [1.165, 1.54) is 7.11 Å². The van der Waals surface area contributed by atoms with Crippen molar-refractivity contribution in [2.24, 2.45) is 0 Å². The van der Waals surface area contributed by atoms with Gasteiger partial charge in [-0.1, -0.05) is 0 Å². The highest BCUT2D eigenvalue weighted by Gasteiger charge is 2.17. The lowest BCUT2D eigenvalue weighted by Crippen LogP contribution is -2.48. The molecule has 1 aromatic carbocycles. The molecule has 1 unspecified atom stereocenters. The summed E-state index contributed by atoms with van der Waals surface area (Å²) in [4.78, 5) is 12.2. The molecule has 1 aliphatic rings. The number of benzene rings is 1. The molecule has 20 heavy (non-hydrogen) atoms. The summed E-state index contributed by atoms with van der Waals surface area (Å²) in [6, 6.07) is 5.27. The van der Waals surface area contributed by atoms with Crippen molar-refractivity contribution in [1.29, 1.82) is 0 Å². The second-order valence-corrected chi connectivity index (χ2v) is 4.50. The Morgan fingerprint density at radius 1 is 1.45 bits per heavy atom. The topological polar surface area (TPSA) is 68.8 Å². The van der Waals surface area contributed by atoms with Crippen molar-refractivity contribution in [3.8, 4) is 11.5 Å². The molecule has 6 nitrogen and oxygen atoms in total. The van der Waals surface area contributed by atoms with Gasteiger partial charge < -0.3 is 24.8 Å². The standard InChI is InChI=1S/C14H20N2O4/c1-18-11-3-4-12(13(7-11)19-2)14(17)16-8-10-9-20-6-5-15-10/h3-4,7,10,15H,5-6,8-9H2,1-2H3,(H,16,17). The number of carbonyl (C=O) groups excluding carboxylic acids is 1. The number of rotatable bonds is 5. The molecule has 0 bridgehead atoms. The van der Waals surface area contributed by atoms with E-state index < -0.39 is 0 Å². The average Bonchev–Trinajstić information content (AvgIpc) is 2.52. The van der Waals surface area contributed by atoms with E-state index in [0.717, 1.165) is 13.2 Å². The Hall–Kier alpha value is -1.79. The summed E-state index contributed by atoms with van der Waals surface area (Å²) in [5.74, 6) is 0.979. The van der Waals surface area contributed by atoms with Crippen LogP contribution in [-0.2, 0) is 4.74 Å². The van der Waals surface area contributed by atoms with Crippen LogP contribution < -0.4 is 20.1 Å². The molecular formula is C14H20N2O4. The number of ether oxygens (including phenoxy) is 3. The van der Waals surface area contributed by atoms with Crippen molar-refractivity contribution in [1.82, 2.24) is 10.6 Å². The van der Waals surface area contributed by atoms with Gasteiger partial charge in [0.1, 0.15) is 11.5 Å². The highest BCUT2D eigenvalue weighted by atomic mass is 16.5. The maximum absolute atomic E-state index is 12.2. The average molecular weight is 280 g/mol. The number of hydrogen-bond donors (Lipinski definition) is 2. The lowest BCUT2D eigenvalue weighted by atomic mass is 10.1. The number of nitrogens with one attached hydrogen (secondary N) is 2. The summed E-state index contributed by atoms with van der Waals surface area (Å²) >= 11 is 0. The van der Waals surface area contributed by atoms with Gasteiger partial charge >= 0.3 is 0 Å². The minimum atomic E-state index is -0.170. The molecular weight excluding hydrogens is 260 g/mol. The summed E-state index contributed by atoms with van der Waals surface area (Å²) in [5, 5.41) is 6.16. The van der Waals surface area contributed by atoms with Crippen LogP contribution in [0.1, 0.15) is 10.4 Å². The van der Waals surface area contributed by atoms with Crippen LogP contribution in [0.25, 0.3) is 0 Å². The van der Waals surface area contributed by atoms with E-state index in [0.29, 0.717) is 30.2 Å². The monoisotopic (exact) mass is 280 g/mol. The summed E-state index contributed by atoms with van der Waals surface area (Å²) < 4.78 is 15.7. The number of methoxy groups -OCH3 is 2. The predicted molar refractivity (Wildman–Crippen MR) is 74.5 cm³/mol. The van der Waals surface area contributed by atoms with Crippen molar-refractivity contribution in [2.75, 3.05) is 40.5 Å². The highest BCUT2D eigenvalue weighted by Crippen LogP contribution is 2.24. The van der Waals surface area contributed by atoms with E-state index in [2.05, 4.69) is 10.6 Å². The van der Waals surface area contributed by atoms with Gasteiger partial charge in [0.15, 0.2) is 0 Å². The molecule has 0 aromatic heterocycles. The van der Waals surface area contributed by atoms with Crippen LogP contribution in [0.2, 0.25) is 0 Å². The minimum Gasteiger partial charge on any atom is -0.497 e. The van der Waals surface area contributed by atoms with Crippen LogP contribution in [0.4, 0.5) is 0 Å². The van der Waals surface area contributed by atoms with Crippen LogP contribution >= 0.6 is 0 Å². The van der Waals surface area contributed by atoms with Gasteiger partial charge in [-0.25, -0.2) is 0 Å². The lowest BCUT2D eigenvalue weighted by Gasteiger charge is -2.24. The molecule has 0 saturated carbocycles. The largest absolute Gasteiger partial charge is 0.497 e. The molecule has 0 radical (unpaired) electrons. The first-order valence-corrected chi connectivity index (χ1v) is 6.56. The molecule has 0 spiro atoms. The maximum atomic E-state index is 12.2. The summed E-state index contributed by atoms with van der Waals surface area (Å²) in [7, 11) is 3.10. The molecule has 110 valence electrons. The smallest absolute Gasteiger partial charge is 0.255 e. The summed E-state index contributed by atoms with van der Waals surface area (Å²) in [6.45, 7) is 2.66. The second-order valence-electron chi connectivity index (χ2n) is 4.50. The second kappa shape index (κ2) is 7.12. The Morgan fingerprint density at radius 2 is 2.30 bits per heavy atom. The fourth-order valence-electron chi connectivity index (χ4n) is 2.05. The Bertz CT molecular complexity index is 458. The lowest BCUT2D eigenvalue weighted by molar-refractivity contribution is 0.0734. The van der Waals surface area contributed by atoms with Gasteiger partial charge in [-0.2, -0.15) is 0 Å². The van der Waals surface area contributed by atoms with Gasteiger partial charge in [0, 0.05) is 25.2 Å². The molecule has 1 aliphatic heterocycles. The normalized spacial score (nSPS) is 18.4. The van der Waals surface area contributed by atoms with Gasteiger partial charge in [-0.3, -0.25) is 4.79 Å². The Labute approximate surface area is 118 Å². The molecule has 1 aromatic rings. The molecule has 1 amide bonds. The molecule has 2 N–H and O–H groups in total. The molecule has 1 fully saturated rings. The zero-order valence-electron chi connectivity index (χ0n) is 11.8. The third kappa shape index (κ3) is 3.61. The SMILES string of the molecule is COc1ccc(C(=O)NCC2COCCN2)c(OC)c1. The highest BCUT2D eigenvalue weighted by molar-refractivity contribution is 5.97. The first kappa shape index (κ1) is 14.6. The van der Waals surface area contributed by atoms with E-state index in [9.17, 15) is 4.79 Å². The third-order valence-electron chi connectivity index (χ3n) is 3.16. The maximum Gasteiger partial charge on any atom is 0.255 e. The quantitative estimate of drug-likeness (QED) is 0.818. The van der Waals surface area contributed by atoms with Gasteiger partial charge in [0.25, 0.3) is 5.91 Å². The molecule has 6 heteroatoms. The van der Waals surface area contributed by atoms with Crippen LogP contribution in [0.3, 0.4) is 0 Å². The predicted octanol–water partition coefficient (Wildman–Crippen LogP) is 0.422. The van der Waals surface area contributed by atoms with E-state index in [1.54, 1.807) is 25.3 Å². The van der Waals surface area contributed by atoms with Crippen molar-refractivity contribution < 1.29 is 19.0 Å². The Kier molecular flexibility index (Phi) is 5.20. The van der Waals surface area contributed by atoms with Crippen LogP contribution in [0.15, 0.2) is 18.2 Å².